The first-order chi connectivity index (χ1) is 5.86. The van der Waals surface area contributed by atoms with E-state index in [4.69, 9.17) is 16.6 Å². The molecule has 0 aliphatic rings. The molecule has 0 fully saturated rings. The first-order valence-corrected chi connectivity index (χ1v) is 3.46. The monoisotopic (exact) mass is 188 g/mol. The lowest BCUT2D eigenvalue weighted by Crippen LogP contribution is -2.57. The summed E-state index contributed by atoms with van der Waals surface area (Å²) in [4.78, 5) is 21.2. The maximum atomic E-state index is 10.7. The Morgan fingerprint density at radius 1 is 1.54 bits per heavy atom. The Hall–Kier alpha value is -1.40. The zero-order valence-electron chi connectivity index (χ0n) is 6.93. The van der Waals surface area contributed by atoms with Gasteiger partial charge in [0.2, 0.25) is 5.91 Å². The van der Waals surface area contributed by atoms with Gasteiger partial charge in [0, 0.05) is 6.42 Å². The lowest BCUT2D eigenvalue weighted by atomic mass is 9.91. The summed E-state index contributed by atoms with van der Waals surface area (Å²) in [5.41, 5.74) is 7.12. The van der Waals surface area contributed by atoms with E-state index >= 15 is 0 Å². The van der Waals surface area contributed by atoms with E-state index in [1.54, 1.807) is 0 Å². The number of nitrogens with two attached hydrogens (primary N) is 2. The van der Waals surface area contributed by atoms with E-state index < -0.39 is 23.5 Å². The smallest absolute Gasteiger partial charge is 0.253 e. The van der Waals surface area contributed by atoms with Crippen LogP contribution in [0.5, 0.6) is 0 Å². The molecule has 0 rings (SSSR count). The van der Waals surface area contributed by atoms with Crippen LogP contribution in [0.2, 0.25) is 0 Å². The third-order valence-electron chi connectivity index (χ3n) is 1.60. The number of hydrogen-bond acceptors (Lipinski definition) is 4. The largest absolute Gasteiger partial charge is 0.380 e. The number of amides is 2. The van der Waals surface area contributed by atoms with Crippen LogP contribution in [0, 0.1) is 0 Å². The van der Waals surface area contributed by atoms with Crippen LogP contribution in [0.3, 0.4) is 0 Å². The highest BCUT2D eigenvalue weighted by Gasteiger charge is 2.43. The van der Waals surface area contributed by atoms with E-state index in [0.717, 1.165) is 6.08 Å². The van der Waals surface area contributed by atoms with Crippen LogP contribution in [-0.2, 0) is 9.59 Å². The lowest BCUT2D eigenvalue weighted by molar-refractivity contribution is -0.157. The summed E-state index contributed by atoms with van der Waals surface area (Å²) in [6.07, 6.45) is -1.22. The van der Waals surface area contributed by atoms with Gasteiger partial charge in [-0.3, -0.25) is 9.59 Å². The van der Waals surface area contributed by atoms with E-state index in [2.05, 4.69) is 6.58 Å². The summed E-state index contributed by atoms with van der Waals surface area (Å²) in [6, 6.07) is 0. The number of aliphatic hydroxyl groups excluding tert-OH is 1. The minimum atomic E-state index is -2.37. The predicted octanol–water partition coefficient (Wildman–Crippen LogP) is -2.37. The molecule has 74 valence electrons. The SMILES string of the molecule is C=CCC(O)(C(N)=O)C(O)C(N)=O. The number of hydrogen-bond donors (Lipinski definition) is 4. The van der Waals surface area contributed by atoms with Crippen LogP contribution in [0.25, 0.3) is 0 Å². The van der Waals surface area contributed by atoms with Gasteiger partial charge in [0.1, 0.15) is 0 Å². The quantitative estimate of drug-likeness (QED) is 0.359. The molecular formula is C7H12N2O4. The molecular weight excluding hydrogens is 176 g/mol. The van der Waals surface area contributed by atoms with Crippen molar-refractivity contribution in [2.75, 3.05) is 0 Å². The van der Waals surface area contributed by atoms with Crippen LogP contribution in [0.1, 0.15) is 6.42 Å². The van der Waals surface area contributed by atoms with Crippen molar-refractivity contribution >= 4 is 11.8 Å². The van der Waals surface area contributed by atoms with Crippen molar-refractivity contribution in [1.29, 1.82) is 0 Å². The van der Waals surface area contributed by atoms with Crippen LogP contribution in [0.4, 0.5) is 0 Å². The molecule has 2 amide bonds. The number of rotatable bonds is 5. The molecule has 0 saturated carbocycles. The molecule has 6 N–H and O–H groups in total. The third kappa shape index (κ3) is 2.27. The second-order valence-corrected chi connectivity index (χ2v) is 2.59. The van der Waals surface area contributed by atoms with E-state index in [1.807, 2.05) is 0 Å². The average Bonchev–Trinajstić information content (AvgIpc) is 2.02. The fraction of sp³-hybridized carbons (Fsp3) is 0.429. The highest BCUT2D eigenvalue weighted by molar-refractivity contribution is 5.92. The van der Waals surface area contributed by atoms with Gasteiger partial charge in [0.25, 0.3) is 5.91 Å². The molecule has 0 radical (unpaired) electrons. The number of primary amides is 2. The van der Waals surface area contributed by atoms with Gasteiger partial charge in [0.15, 0.2) is 11.7 Å². The fourth-order valence-corrected chi connectivity index (χ4v) is 0.802. The number of carbonyl (C=O) groups is 2. The topological polar surface area (TPSA) is 127 Å². The molecule has 6 heteroatoms. The Labute approximate surface area is 74.8 Å². The fourth-order valence-electron chi connectivity index (χ4n) is 0.802. The molecule has 0 bridgehead atoms. The molecule has 13 heavy (non-hydrogen) atoms. The van der Waals surface area contributed by atoms with Crippen LogP contribution in [-0.4, -0.2) is 33.7 Å². The molecule has 2 unspecified atom stereocenters. The zero-order valence-corrected chi connectivity index (χ0v) is 6.93. The van der Waals surface area contributed by atoms with Crippen molar-refractivity contribution in [2.24, 2.45) is 11.5 Å². The maximum Gasteiger partial charge on any atom is 0.253 e. The lowest BCUT2D eigenvalue weighted by Gasteiger charge is -2.26. The average molecular weight is 188 g/mol. The molecule has 0 aliphatic carbocycles. The minimum absolute atomic E-state index is 0.341. The Bertz CT molecular complexity index is 241. The first kappa shape index (κ1) is 11.6. The van der Waals surface area contributed by atoms with Gasteiger partial charge in [-0.2, -0.15) is 0 Å². The summed E-state index contributed by atoms with van der Waals surface area (Å²) in [7, 11) is 0. The van der Waals surface area contributed by atoms with Crippen molar-refractivity contribution in [3.8, 4) is 0 Å². The molecule has 0 aromatic rings. The van der Waals surface area contributed by atoms with Gasteiger partial charge in [-0.15, -0.1) is 6.58 Å². The Morgan fingerprint density at radius 3 is 2.23 bits per heavy atom. The van der Waals surface area contributed by atoms with Gasteiger partial charge < -0.3 is 21.7 Å². The Kier molecular flexibility index (Phi) is 3.58. The van der Waals surface area contributed by atoms with Gasteiger partial charge in [-0.1, -0.05) is 6.08 Å². The van der Waals surface area contributed by atoms with Crippen LogP contribution < -0.4 is 11.5 Å². The van der Waals surface area contributed by atoms with Crippen LogP contribution >= 0.6 is 0 Å². The second kappa shape index (κ2) is 4.01. The van der Waals surface area contributed by atoms with Crippen molar-refractivity contribution < 1.29 is 19.8 Å². The Morgan fingerprint density at radius 2 is 2.00 bits per heavy atom. The molecule has 0 aromatic carbocycles. The number of carbonyl (C=O) groups excluding carboxylic acids is 2. The van der Waals surface area contributed by atoms with Gasteiger partial charge in [0.05, 0.1) is 0 Å². The minimum Gasteiger partial charge on any atom is -0.380 e. The third-order valence-corrected chi connectivity index (χ3v) is 1.60. The normalized spacial score (nSPS) is 17.1. The van der Waals surface area contributed by atoms with Crippen molar-refractivity contribution in [1.82, 2.24) is 0 Å². The molecule has 0 heterocycles. The molecule has 6 nitrogen and oxygen atoms in total. The summed E-state index contributed by atoms with van der Waals surface area (Å²) in [6.45, 7) is 3.24. The maximum absolute atomic E-state index is 10.7. The van der Waals surface area contributed by atoms with E-state index in [-0.39, 0.29) is 6.42 Å². The molecule has 0 spiro atoms. The van der Waals surface area contributed by atoms with Crippen LogP contribution in [0.15, 0.2) is 12.7 Å². The van der Waals surface area contributed by atoms with Gasteiger partial charge in [-0.25, -0.2) is 0 Å². The van der Waals surface area contributed by atoms with Gasteiger partial charge in [-0.05, 0) is 0 Å². The standard InChI is InChI=1S/C7H12N2O4/c1-2-3-7(13,6(9)12)4(10)5(8)11/h2,4,10,13H,1,3H2,(H2,8,11)(H2,9,12). The first-order valence-electron chi connectivity index (χ1n) is 3.46. The molecule has 0 saturated heterocycles. The van der Waals surface area contributed by atoms with Crippen molar-refractivity contribution in [3.63, 3.8) is 0 Å². The van der Waals surface area contributed by atoms with E-state index in [9.17, 15) is 14.7 Å². The van der Waals surface area contributed by atoms with Crippen molar-refractivity contribution in [3.05, 3.63) is 12.7 Å². The van der Waals surface area contributed by atoms with Gasteiger partial charge >= 0.3 is 0 Å². The van der Waals surface area contributed by atoms with E-state index in [0.29, 0.717) is 0 Å². The number of aliphatic hydroxyl groups is 2. The highest BCUT2D eigenvalue weighted by Crippen LogP contribution is 2.15. The van der Waals surface area contributed by atoms with Crippen molar-refractivity contribution in [2.45, 2.75) is 18.1 Å². The second-order valence-electron chi connectivity index (χ2n) is 2.59. The summed E-state index contributed by atoms with van der Waals surface area (Å²) >= 11 is 0. The zero-order chi connectivity index (χ0) is 10.6. The highest BCUT2D eigenvalue weighted by atomic mass is 16.4. The molecule has 2 atom stereocenters. The van der Waals surface area contributed by atoms with E-state index in [1.165, 1.54) is 0 Å². The molecule has 0 aromatic heterocycles. The summed E-state index contributed by atoms with van der Waals surface area (Å²) < 4.78 is 0. The summed E-state index contributed by atoms with van der Waals surface area (Å²) in [5.74, 6) is -2.44. The molecule has 0 aliphatic heterocycles. The summed E-state index contributed by atoms with van der Waals surface area (Å²) in [5, 5.41) is 18.5. The predicted molar refractivity (Wildman–Crippen MR) is 44.2 cm³/mol. The Balaban J connectivity index is 4.87.